The van der Waals surface area contributed by atoms with Crippen LogP contribution < -0.4 is 5.73 Å². The van der Waals surface area contributed by atoms with E-state index in [0.29, 0.717) is 0 Å². The number of likely N-dealkylation sites (N-methyl/N-ethyl adjacent to an activating group) is 1. The topological polar surface area (TPSA) is 46.3 Å². The van der Waals surface area contributed by atoms with Crippen molar-refractivity contribution in [3.63, 3.8) is 0 Å². The van der Waals surface area contributed by atoms with Gasteiger partial charge in [0.05, 0.1) is 6.04 Å². The monoisotopic (exact) mass is 204 g/mol. The van der Waals surface area contributed by atoms with Gasteiger partial charge in [-0.3, -0.25) is 4.79 Å². The minimum absolute atomic E-state index is 0.0656. The Morgan fingerprint density at radius 2 is 2.23 bits per heavy atom. The smallest absolute Gasteiger partial charge is 0.239 e. The lowest BCUT2D eigenvalue weighted by Gasteiger charge is -2.20. The predicted molar refractivity (Wildman–Crippen MR) is 58.9 cm³/mol. The van der Waals surface area contributed by atoms with Crippen molar-refractivity contribution in [2.75, 3.05) is 25.6 Å². The molecule has 0 radical (unpaired) electrons. The number of carbonyl (C=O) groups excluding carboxylic acids is 1. The maximum absolute atomic E-state index is 11.5. The fourth-order valence-corrected chi connectivity index (χ4v) is 1.59. The van der Waals surface area contributed by atoms with Gasteiger partial charge in [-0.05, 0) is 24.9 Å². The Balaban J connectivity index is 3.79. The quantitative estimate of drug-likeness (QED) is 0.700. The van der Waals surface area contributed by atoms with Crippen LogP contribution in [0.1, 0.15) is 19.8 Å². The summed E-state index contributed by atoms with van der Waals surface area (Å²) in [6.45, 7) is 2.85. The fourth-order valence-electron chi connectivity index (χ4n) is 1.10. The average molecular weight is 204 g/mol. The number of hydrogen-bond donors (Lipinski definition) is 1. The van der Waals surface area contributed by atoms with Crippen LogP contribution in [0, 0.1) is 0 Å². The van der Waals surface area contributed by atoms with Crippen LogP contribution in [0.2, 0.25) is 0 Å². The molecule has 0 heterocycles. The summed E-state index contributed by atoms with van der Waals surface area (Å²) in [4.78, 5) is 13.2. The first kappa shape index (κ1) is 12.8. The third-order valence-corrected chi connectivity index (χ3v) is 2.53. The Labute approximate surface area is 85.0 Å². The molecule has 4 heteroatoms. The molecular weight excluding hydrogens is 184 g/mol. The van der Waals surface area contributed by atoms with Gasteiger partial charge in [0.2, 0.25) is 5.91 Å². The zero-order valence-electron chi connectivity index (χ0n) is 8.75. The zero-order chi connectivity index (χ0) is 10.3. The molecular formula is C9H20N2OS. The molecule has 0 spiro atoms. The van der Waals surface area contributed by atoms with E-state index >= 15 is 0 Å². The minimum Gasteiger partial charge on any atom is -0.344 e. The summed E-state index contributed by atoms with van der Waals surface area (Å²) in [6.07, 6.45) is 3.78. The molecule has 2 N–H and O–H groups in total. The number of carbonyl (C=O) groups is 1. The predicted octanol–water partition coefficient (Wildman–Crippen LogP) is 0.935. The molecule has 13 heavy (non-hydrogen) atoms. The van der Waals surface area contributed by atoms with Gasteiger partial charge in [-0.25, -0.2) is 0 Å². The third-order valence-electron chi connectivity index (χ3n) is 1.89. The summed E-state index contributed by atoms with van der Waals surface area (Å²) < 4.78 is 0. The molecule has 0 aromatic heterocycles. The fraction of sp³-hybridized carbons (Fsp3) is 0.889. The van der Waals surface area contributed by atoms with E-state index in [1.807, 2.05) is 13.3 Å². The summed E-state index contributed by atoms with van der Waals surface area (Å²) in [7, 11) is 1.81. The number of amides is 1. The first-order chi connectivity index (χ1) is 6.13. The molecule has 1 atom stereocenters. The molecule has 0 saturated heterocycles. The van der Waals surface area contributed by atoms with Crippen LogP contribution in [0.4, 0.5) is 0 Å². The van der Waals surface area contributed by atoms with Crippen LogP contribution in [0.5, 0.6) is 0 Å². The van der Waals surface area contributed by atoms with Crippen molar-refractivity contribution in [1.29, 1.82) is 0 Å². The highest BCUT2D eigenvalue weighted by molar-refractivity contribution is 7.98. The highest BCUT2D eigenvalue weighted by Crippen LogP contribution is 2.01. The molecule has 78 valence electrons. The van der Waals surface area contributed by atoms with Crippen LogP contribution in [-0.4, -0.2) is 42.4 Å². The maximum Gasteiger partial charge on any atom is 0.239 e. The molecule has 3 nitrogen and oxygen atoms in total. The van der Waals surface area contributed by atoms with E-state index < -0.39 is 0 Å². The van der Waals surface area contributed by atoms with Crippen molar-refractivity contribution in [2.45, 2.75) is 25.8 Å². The van der Waals surface area contributed by atoms with Gasteiger partial charge in [-0.15, -0.1) is 0 Å². The van der Waals surface area contributed by atoms with Gasteiger partial charge in [0.25, 0.3) is 0 Å². The molecule has 0 aliphatic rings. The summed E-state index contributed by atoms with van der Waals surface area (Å²) in [5.74, 6) is 1.02. The number of nitrogens with zero attached hydrogens (tertiary/aromatic N) is 1. The van der Waals surface area contributed by atoms with Crippen LogP contribution in [-0.2, 0) is 4.79 Å². The molecule has 0 aromatic carbocycles. The van der Waals surface area contributed by atoms with Gasteiger partial charge in [-0.2, -0.15) is 11.8 Å². The Morgan fingerprint density at radius 3 is 2.69 bits per heavy atom. The lowest BCUT2D eigenvalue weighted by Crippen LogP contribution is -2.42. The molecule has 0 fully saturated rings. The van der Waals surface area contributed by atoms with Crippen LogP contribution in [0.3, 0.4) is 0 Å². The standard InChI is InChI=1S/C9H20N2OS/c1-4-6-11(2)9(12)8(10)5-7-13-3/h8H,4-7,10H2,1-3H3/t8-/m1/s1. The van der Waals surface area contributed by atoms with E-state index in [1.54, 1.807) is 16.7 Å². The maximum atomic E-state index is 11.5. The van der Waals surface area contributed by atoms with Crippen molar-refractivity contribution in [3.05, 3.63) is 0 Å². The van der Waals surface area contributed by atoms with Gasteiger partial charge in [0.1, 0.15) is 0 Å². The first-order valence-corrected chi connectivity index (χ1v) is 6.02. The van der Waals surface area contributed by atoms with Crippen LogP contribution in [0.25, 0.3) is 0 Å². The molecule has 0 aliphatic carbocycles. The van der Waals surface area contributed by atoms with Crippen molar-refractivity contribution < 1.29 is 4.79 Å². The van der Waals surface area contributed by atoms with Gasteiger partial charge >= 0.3 is 0 Å². The highest BCUT2D eigenvalue weighted by atomic mass is 32.2. The largest absolute Gasteiger partial charge is 0.344 e. The first-order valence-electron chi connectivity index (χ1n) is 4.63. The van der Waals surface area contributed by atoms with Gasteiger partial charge in [0, 0.05) is 13.6 Å². The number of rotatable bonds is 6. The molecule has 0 rings (SSSR count). The summed E-state index contributed by atoms with van der Waals surface area (Å²) in [5, 5.41) is 0. The third kappa shape index (κ3) is 5.16. The highest BCUT2D eigenvalue weighted by Gasteiger charge is 2.16. The van der Waals surface area contributed by atoms with Crippen LogP contribution in [0.15, 0.2) is 0 Å². The summed E-state index contributed by atoms with van der Waals surface area (Å²) in [5.41, 5.74) is 5.73. The molecule has 0 saturated carbocycles. The number of thioether (sulfide) groups is 1. The number of hydrogen-bond acceptors (Lipinski definition) is 3. The van der Waals surface area contributed by atoms with Crippen LogP contribution >= 0.6 is 11.8 Å². The molecule has 1 amide bonds. The Hall–Kier alpha value is -0.220. The SMILES string of the molecule is CCCN(C)C(=O)[C@H](N)CCSC. The van der Waals surface area contributed by atoms with E-state index in [-0.39, 0.29) is 11.9 Å². The Bertz CT molecular complexity index is 153. The van der Waals surface area contributed by atoms with Gasteiger partial charge < -0.3 is 10.6 Å². The minimum atomic E-state index is -0.316. The molecule has 0 aliphatic heterocycles. The lowest BCUT2D eigenvalue weighted by atomic mass is 10.2. The molecule has 0 unspecified atom stereocenters. The normalized spacial score (nSPS) is 12.6. The second-order valence-electron chi connectivity index (χ2n) is 3.15. The average Bonchev–Trinajstić information content (AvgIpc) is 2.13. The van der Waals surface area contributed by atoms with Crippen molar-refractivity contribution in [2.24, 2.45) is 5.73 Å². The lowest BCUT2D eigenvalue weighted by molar-refractivity contribution is -0.131. The second kappa shape index (κ2) is 7.21. The van der Waals surface area contributed by atoms with Gasteiger partial charge in [-0.1, -0.05) is 6.92 Å². The second-order valence-corrected chi connectivity index (χ2v) is 4.13. The van der Waals surface area contributed by atoms with Crippen molar-refractivity contribution in [1.82, 2.24) is 4.90 Å². The van der Waals surface area contributed by atoms with Gasteiger partial charge in [0.15, 0.2) is 0 Å². The van der Waals surface area contributed by atoms with Crippen molar-refractivity contribution >= 4 is 17.7 Å². The van der Waals surface area contributed by atoms with Crippen molar-refractivity contribution in [3.8, 4) is 0 Å². The zero-order valence-corrected chi connectivity index (χ0v) is 9.56. The van der Waals surface area contributed by atoms with E-state index in [1.165, 1.54) is 0 Å². The summed E-state index contributed by atoms with van der Waals surface area (Å²) >= 11 is 1.72. The van der Waals surface area contributed by atoms with E-state index in [9.17, 15) is 4.79 Å². The van der Waals surface area contributed by atoms with E-state index in [0.717, 1.165) is 25.1 Å². The Morgan fingerprint density at radius 1 is 1.62 bits per heavy atom. The molecule has 0 bridgehead atoms. The summed E-state index contributed by atoms with van der Waals surface area (Å²) in [6, 6.07) is -0.316. The molecule has 0 aromatic rings. The Kier molecular flexibility index (Phi) is 7.09. The van der Waals surface area contributed by atoms with E-state index in [2.05, 4.69) is 6.92 Å². The van der Waals surface area contributed by atoms with E-state index in [4.69, 9.17) is 5.73 Å². The number of nitrogens with two attached hydrogens (primary N) is 1.